The summed E-state index contributed by atoms with van der Waals surface area (Å²) >= 11 is 7.86. The Morgan fingerprint density at radius 3 is 2.85 bits per heavy atom. The van der Waals surface area contributed by atoms with E-state index in [1.165, 1.54) is 22.5 Å². The van der Waals surface area contributed by atoms with E-state index < -0.39 is 0 Å². The fourth-order valence-corrected chi connectivity index (χ4v) is 5.31. The van der Waals surface area contributed by atoms with Crippen LogP contribution in [0, 0.1) is 0 Å². The van der Waals surface area contributed by atoms with Crippen molar-refractivity contribution in [2.24, 2.45) is 0 Å². The molecule has 3 nitrogen and oxygen atoms in total. The fourth-order valence-electron chi connectivity index (χ4n) is 3.92. The molecule has 5 heteroatoms. The van der Waals surface area contributed by atoms with Crippen LogP contribution in [0.15, 0.2) is 54.6 Å². The molecule has 0 spiro atoms. The lowest BCUT2D eigenvalue weighted by molar-refractivity contribution is 0.0937. The van der Waals surface area contributed by atoms with Crippen molar-refractivity contribution in [1.29, 1.82) is 0 Å². The van der Waals surface area contributed by atoms with E-state index in [4.69, 9.17) is 11.6 Å². The number of halogens is 1. The van der Waals surface area contributed by atoms with Crippen LogP contribution in [-0.4, -0.2) is 10.9 Å². The van der Waals surface area contributed by atoms with Crippen LogP contribution in [-0.2, 0) is 6.42 Å². The lowest BCUT2D eigenvalue weighted by Crippen LogP contribution is -2.30. The first kappa shape index (κ1) is 16.7. The van der Waals surface area contributed by atoms with Gasteiger partial charge >= 0.3 is 0 Å². The van der Waals surface area contributed by atoms with Crippen LogP contribution in [0.4, 0.5) is 0 Å². The van der Waals surface area contributed by atoms with Gasteiger partial charge in [-0.05, 0) is 42.5 Å². The van der Waals surface area contributed by atoms with Crippen LogP contribution in [0.2, 0.25) is 5.15 Å². The van der Waals surface area contributed by atoms with Crippen LogP contribution in [0.5, 0.6) is 0 Å². The molecular formula is C22H17ClN2OS. The van der Waals surface area contributed by atoms with Crippen molar-refractivity contribution in [2.75, 3.05) is 0 Å². The average Bonchev–Trinajstić information content (AvgIpc) is 3.15. The minimum Gasteiger partial charge on any atom is -0.345 e. The molecule has 0 fully saturated rings. The summed E-state index contributed by atoms with van der Waals surface area (Å²) in [5.74, 6) is -0.0435. The summed E-state index contributed by atoms with van der Waals surface area (Å²) in [4.78, 5) is 18.1. The summed E-state index contributed by atoms with van der Waals surface area (Å²) < 4.78 is 1.01. The van der Waals surface area contributed by atoms with E-state index in [0.717, 1.165) is 40.3 Å². The molecule has 1 aliphatic carbocycles. The minimum atomic E-state index is -0.0435. The zero-order valence-corrected chi connectivity index (χ0v) is 16.1. The molecule has 0 aliphatic heterocycles. The topological polar surface area (TPSA) is 42.0 Å². The standard InChI is InChI=1S/C22H17ClN2OS/c23-21-16-12-19(27-20(16)15-9-3-4-10-18(15)24-21)22(26)25-17-11-5-7-13-6-1-2-8-14(13)17/h1-4,6,8-10,12,17H,5,7,11H2,(H,25,26)/t17-/m1/s1. The summed E-state index contributed by atoms with van der Waals surface area (Å²) in [5.41, 5.74) is 3.43. The highest BCUT2D eigenvalue weighted by atomic mass is 35.5. The summed E-state index contributed by atoms with van der Waals surface area (Å²) in [6.07, 6.45) is 3.15. The van der Waals surface area contributed by atoms with Gasteiger partial charge in [0.15, 0.2) is 0 Å². The van der Waals surface area contributed by atoms with Crippen LogP contribution in [0.1, 0.15) is 39.7 Å². The van der Waals surface area contributed by atoms with Crippen LogP contribution < -0.4 is 5.32 Å². The Labute approximate surface area is 166 Å². The van der Waals surface area contributed by atoms with Crippen molar-refractivity contribution < 1.29 is 4.79 Å². The molecule has 5 rings (SSSR count). The SMILES string of the molecule is O=C(N[C@@H]1CCCc2ccccc21)c1cc2c(Cl)nc3ccccc3c2s1. The smallest absolute Gasteiger partial charge is 0.261 e. The summed E-state index contributed by atoms with van der Waals surface area (Å²) in [6.45, 7) is 0. The number of hydrogen-bond acceptors (Lipinski definition) is 3. The fraction of sp³-hybridized carbons (Fsp3) is 0.182. The van der Waals surface area contributed by atoms with Crippen molar-refractivity contribution in [2.45, 2.75) is 25.3 Å². The van der Waals surface area contributed by atoms with Gasteiger partial charge in [0.05, 0.1) is 16.4 Å². The number of aromatic nitrogens is 1. The molecule has 4 aromatic rings. The summed E-state index contributed by atoms with van der Waals surface area (Å²) in [5, 5.41) is 5.55. The quantitative estimate of drug-likeness (QED) is 0.431. The van der Waals surface area contributed by atoms with Gasteiger partial charge in [-0.1, -0.05) is 54.1 Å². The van der Waals surface area contributed by atoms with Gasteiger partial charge in [-0.2, -0.15) is 0 Å². The van der Waals surface area contributed by atoms with Crippen molar-refractivity contribution in [3.63, 3.8) is 0 Å². The number of rotatable bonds is 2. The normalized spacial score (nSPS) is 16.4. The Kier molecular flexibility index (Phi) is 4.10. The highest BCUT2D eigenvalue weighted by Crippen LogP contribution is 2.36. The van der Waals surface area contributed by atoms with Crippen LogP contribution in [0.25, 0.3) is 21.0 Å². The molecule has 1 N–H and O–H groups in total. The second-order valence-electron chi connectivity index (χ2n) is 6.89. The zero-order valence-electron chi connectivity index (χ0n) is 14.5. The Hall–Kier alpha value is -2.43. The summed E-state index contributed by atoms with van der Waals surface area (Å²) in [6, 6.07) is 18.2. The molecular weight excluding hydrogens is 376 g/mol. The third-order valence-corrected chi connectivity index (χ3v) is 6.68. The number of pyridine rings is 1. The first-order valence-electron chi connectivity index (χ1n) is 9.07. The van der Waals surface area contributed by atoms with E-state index in [2.05, 4.69) is 28.5 Å². The third-order valence-electron chi connectivity index (χ3n) is 5.22. The maximum Gasteiger partial charge on any atom is 0.261 e. The second-order valence-corrected chi connectivity index (χ2v) is 8.30. The van der Waals surface area contributed by atoms with Gasteiger partial charge in [0.25, 0.3) is 5.91 Å². The maximum atomic E-state index is 13.0. The minimum absolute atomic E-state index is 0.0435. The molecule has 134 valence electrons. The van der Waals surface area contributed by atoms with Gasteiger partial charge in [0.1, 0.15) is 5.15 Å². The maximum absolute atomic E-state index is 13.0. The second kappa shape index (κ2) is 6.63. The molecule has 0 saturated carbocycles. The molecule has 2 heterocycles. The van der Waals surface area contributed by atoms with Gasteiger partial charge < -0.3 is 5.32 Å². The average molecular weight is 393 g/mol. The number of para-hydroxylation sites is 1. The Morgan fingerprint density at radius 1 is 1.11 bits per heavy atom. The van der Waals surface area contributed by atoms with E-state index >= 15 is 0 Å². The van der Waals surface area contributed by atoms with E-state index in [-0.39, 0.29) is 11.9 Å². The molecule has 2 aromatic heterocycles. The monoisotopic (exact) mass is 392 g/mol. The largest absolute Gasteiger partial charge is 0.345 e. The van der Waals surface area contributed by atoms with E-state index in [9.17, 15) is 4.79 Å². The predicted molar refractivity (Wildman–Crippen MR) is 112 cm³/mol. The number of fused-ring (bicyclic) bond motifs is 4. The molecule has 0 bridgehead atoms. The Morgan fingerprint density at radius 2 is 1.93 bits per heavy atom. The molecule has 0 saturated heterocycles. The number of amides is 1. The molecule has 0 unspecified atom stereocenters. The number of aryl methyl sites for hydroxylation is 1. The molecule has 1 atom stereocenters. The lowest BCUT2D eigenvalue weighted by Gasteiger charge is -2.26. The van der Waals surface area contributed by atoms with Crippen molar-refractivity contribution in [3.8, 4) is 0 Å². The Balaban J connectivity index is 1.52. The lowest BCUT2D eigenvalue weighted by atomic mass is 9.88. The molecule has 27 heavy (non-hydrogen) atoms. The number of nitrogens with zero attached hydrogens (tertiary/aromatic N) is 1. The third kappa shape index (κ3) is 2.89. The van der Waals surface area contributed by atoms with Crippen molar-refractivity contribution >= 4 is 49.8 Å². The van der Waals surface area contributed by atoms with E-state index in [1.54, 1.807) is 0 Å². The van der Waals surface area contributed by atoms with Gasteiger partial charge in [0.2, 0.25) is 0 Å². The number of carbonyl (C=O) groups is 1. The Bertz CT molecular complexity index is 1180. The number of thiophene rings is 1. The first-order valence-corrected chi connectivity index (χ1v) is 10.3. The first-order chi connectivity index (χ1) is 13.2. The van der Waals surface area contributed by atoms with E-state index in [1.807, 2.05) is 36.4 Å². The highest BCUT2D eigenvalue weighted by molar-refractivity contribution is 7.21. The van der Waals surface area contributed by atoms with Crippen LogP contribution >= 0.6 is 22.9 Å². The van der Waals surface area contributed by atoms with Gasteiger partial charge in [0, 0.05) is 15.5 Å². The van der Waals surface area contributed by atoms with Gasteiger partial charge in [-0.15, -0.1) is 11.3 Å². The predicted octanol–water partition coefficient (Wildman–Crippen LogP) is 5.91. The van der Waals surface area contributed by atoms with Crippen LogP contribution in [0.3, 0.4) is 0 Å². The highest BCUT2D eigenvalue weighted by Gasteiger charge is 2.23. The molecule has 1 amide bonds. The number of carbonyl (C=O) groups excluding carboxylic acids is 1. The molecule has 1 aliphatic rings. The van der Waals surface area contributed by atoms with Gasteiger partial charge in [-0.25, -0.2) is 4.98 Å². The summed E-state index contributed by atoms with van der Waals surface area (Å²) in [7, 11) is 0. The molecule has 0 radical (unpaired) electrons. The number of nitrogens with one attached hydrogen (secondary N) is 1. The van der Waals surface area contributed by atoms with Crippen molar-refractivity contribution in [3.05, 3.63) is 75.8 Å². The molecule has 2 aromatic carbocycles. The number of hydrogen-bond donors (Lipinski definition) is 1. The van der Waals surface area contributed by atoms with Gasteiger partial charge in [-0.3, -0.25) is 4.79 Å². The zero-order chi connectivity index (χ0) is 18.4. The van der Waals surface area contributed by atoms with E-state index in [0.29, 0.717) is 10.0 Å². The number of benzene rings is 2. The van der Waals surface area contributed by atoms with Crippen molar-refractivity contribution in [1.82, 2.24) is 10.3 Å².